The zero-order valence-electron chi connectivity index (χ0n) is 15.2. The van der Waals surface area contributed by atoms with Crippen LogP contribution in [0.3, 0.4) is 0 Å². The normalized spacial score (nSPS) is 21.8. The van der Waals surface area contributed by atoms with Crippen molar-refractivity contribution in [2.24, 2.45) is 0 Å². The number of amides is 2. The fraction of sp³-hybridized carbons (Fsp3) is 0.632. The van der Waals surface area contributed by atoms with E-state index in [0.717, 1.165) is 51.3 Å². The Kier molecular flexibility index (Phi) is 6.15. The summed E-state index contributed by atoms with van der Waals surface area (Å²) in [7, 11) is 1.83. The first-order valence-electron chi connectivity index (χ1n) is 9.18. The molecule has 2 heterocycles. The van der Waals surface area contributed by atoms with E-state index in [-0.39, 0.29) is 18.2 Å². The van der Waals surface area contributed by atoms with E-state index in [2.05, 4.69) is 34.5 Å². The second kappa shape index (κ2) is 8.54. The number of hydrogen-bond donors (Lipinski definition) is 1. The first-order chi connectivity index (χ1) is 12.1. The van der Waals surface area contributed by atoms with Crippen molar-refractivity contribution in [2.45, 2.75) is 38.5 Å². The Hall–Kier alpha value is -1.79. The number of ether oxygens (including phenoxy) is 2. The summed E-state index contributed by atoms with van der Waals surface area (Å²) in [6.45, 7) is 6.84. The SMILES string of the molecule is CC(NC(=O)N(C)Cc1ccc(N2CCOCC2)cc1)C1CCCO1. The van der Waals surface area contributed by atoms with Crippen LogP contribution in [0.1, 0.15) is 25.3 Å². The average molecular weight is 347 g/mol. The zero-order chi connectivity index (χ0) is 17.6. The van der Waals surface area contributed by atoms with E-state index in [1.807, 2.05) is 14.0 Å². The third kappa shape index (κ3) is 4.86. The number of anilines is 1. The van der Waals surface area contributed by atoms with Crippen LogP contribution in [-0.2, 0) is 16.0 Å². The second-order valence-corrected chi connectivity index (χ2v) is 6.91. The molecule has 2 atom stereocenters. The number of urea groups is 1. The van der Waals surface area contributed by atoms with Crippen LogP contribution in [0.4, 0.5) is 10.5 Å². The zero-order valence-corrected chi connectivity index (χ0v) is 15.2. The summed E-state index contributed by atoms with van der Waals surface area (Å²) in [4.78, 5) is 16.4. The first-order valence-corrected chi connectivity index (χ1v) is 9.18. The maximum Gasteiger partial charge on any atom is 0.317 e. The number of nitrogens with one attached hydrogen (secondary N) is 1. The molecule has 2 unspecified atom stereocenters. The van der Waals surface area contributed by atoms with E-state index < -0.39 is 0 Å². The lowest BCUT2D eigenvalue weighted by Crippen LogP contribution is -2.46. The Morgan fingerprint density at radius 3 is 2.64 bits per heavy atom. The molecular formula is C19H29N3O3. The fourth-order valence-corrected chi connectivity index (χ4v) is 3.37. The summed E-state index contributed by atoms with van der Waals surface area (Å²) in [6, 6.07) is 8.43. The molecule has 2 amide bonds. The molecule has 0 bridgehead atoms. The molecule has 2 fully saturated rings. The summed E-state index contributed by atoms with van der Waals surface area (Å²) >= 11 is 0. The van der Waals surface area contributed by atoms with Crippen LogP contribution in [0, 0.1) is 0 Å². The van der Waals surface area contributed by atoms with Gasteiger partial charge in [-0.25, -0.2) is 4.79 Å². The molecular weight excluding hydrogens is 318 g/mol. The van der Waals surface area contributed by atoms with E-state index in [9.17, 15) is 4.79 Å². The van der Waals surface area contributed by atoms with Crippen LogP contribution in [0.2, 0.25) is 0 Å². The number of hydrogen-bond acceptors (Lipinski definition) is 4. The maximum atomic E-state index is 12.4. The summed E-state index contributed by atoms with van der Waals surface area (Å²) in [5.74, 6) is 0. The number of nitrogens with zero attached hydrogens (tertiary/aromatic N) is 2. The summed E-state index contributed by atoms with van der Waals surface area (Å²) < 4.78 is 11.0. The van der Waals surface area contributed by atoms with E-state index in [1.54, 1.807) is 4.90 Å². The third-order valence-corrected chi connectivity index (χ3v) is 4.95. The van der Waals surface area contributed by atoms with Crippen molar-refractivity contribution in [3.8, 4) is 0 Å². The van der Waals surface area contributed by atoms with Gasteiger partial charge < -0.3 is 24.6 Å². The Bertz CT molecular complexity index is 552. The van der Waals surface area contributed by atoms with Gasteiger partial charge in [-0.2, -0.15) is 0 Å². The van der Waals surface area contributed by atoms with Crippen LogP contribution in [0.25, 0.3) is 0 Å². The molecule has 6 nitrogen and oxygen atoms in total. The van der Waals surface area contributed by atoms with Crippen molar-refractivity contribution in [1.82, 2.24) is 10.2 Å². The predicted molar refractivity (Wildman–Crippen MR) is 97.9 cm³/mol. The van der Waals surface area contributed by atoms with Crippen molar-refractivity contribution in [1.29, 1.82) is 0 Å². The lowest BCUT2D eigenvalue weighted by atomic mass is 10.1. The van der Waals surface area contributed by atoms with Gasteiger partial charge >= 0.3 is 6.03 Å². The molecule has 0 spiro atoms. The van der Waals surface area contributed by atoms with Gasteiger partial charge in [0, 0.05) is 39.0 Å². The van der Waals surface area contributed by atoms with Crippen LogP contribution < -0.4 is 10.2 Å². The number of benzene rings is 1. The molecule has 0 aromatic heterocycles. The third-order valence-electron chi connectivity index (χ3n) is 4.95. The summed E-state index contributed by atoms with van der Waals surface area (Å²) in [6.07, 6.45) is 2.25. The molecule has 1 N–H and O–H groups in total. The monoisotopic (exact) mass is 347 g/mol. The minimum Gasteiger partial charge on any atom is -0.378 e. The van der Waals surface area contributed by atoms with Crippen LogP contribution in [0.15, 0.2) is 24.3 Å². The van der Waals surface area contributed by atoms with Gasteiger partial charge in [-0.15, -0.1) is 0 Å². The Labute approximate surface area is 150 Å². The molecule has 0 saturated carbocycles. The van der Waals surface area contributed by atoms with Gasteiger partial charge in [0.25, 0.3) is 0 Å². The van der Waals surface area contributed by atoms with E-state index >= 15 is 0 Å². The van der Waals surface area contributed by atoms with Crippen molar-refractivity contribution in [3.63, 3.8) is 0 Å². The molecule has 0 radical (unpaired) electrons. The van der Waals surface area contributed by atoms with Gasteiger partial charge in [0.15, 0.2) is 0 Å². The number of carbonyl (C=O) groups excluding carboxylic acids is 1. The van der Waals surface area contributed by atoms with Gasteiger partial charge in [0.2, 0.25) is 0 Å². The molecule has 138 valence electrons. The molecule has 3 rings (SSSR count). The smallest absolute Gasteiger partial charge is 0.317 e. The highest BCUT2D eigenvalue weighted by molar-refractivity contribution is 5.74. The van der Waals surface area contributed by atoms with Crippen molar-refractivity contribution in [3.05, 3.63) is 29.8 Å². The maximum absolute atomic E-state index is 12.4. The quantitative estimate of drug-likeness (QED) is 0.887. The molecule has 1 aromatic carbocycles. The lowest BCUT2D eigenvalue weighted by Gasteiger charge is -2.29. The van der Waals surface area contributed by atoms with Gasteiger partial charge in [0.05, 0.1) is 25.4 Å². The largest absolute Gasteiger partial charge is 0.378 e. The molecule has 2 aliphatic heterocycles. The van der Waals surface area contributed by atoms with Gasteiger partial charge in [-0.1, -0.05) is 12.1 Å². The van der Waals surface area contributed by atoms with Crippen molar-refractivity contribution < 1.29 is 14.3 Å². The van der Waals surface area contributed by atoms with Gasteiger partial charge in [0.1, 0.15) is 0 Å². The van der Waals surface area contributed by atoms with E-state index in [0.29, 0.717) is 6.54 Å². The van der Waals surface area contributed by atoms with E-state index in [4.69, 9.17) is 9.47 Å². The van der Waals surface area contributed by atoms with Crippen molar-refractivity contribution in [2.75, 3.05) is 44.9 Å². The first kappa shape index (κ1) is 18.0. The highest BCUT2D eigenvalue weighted by Crippen LogP contribution is 2.18. The van der Waals surface area contributed by atoms with Gasteiger partial charge in [-0.05, 0) is 37.5 Å². The topological polar surface area (TPSA) is 54.0 Å². The standard InChI is InChI=1S/C19H29N3O3/c1-15(18-4-3-11-25-18)20-19(23)21(2)14-16-5-7-17(8-6-16)22-9-12-24-13-10-22/h5-8,15,18H,3-4,9-14H2,1-2H3,(H,20,23). The van der Waals surface area contributed by atoms with Crippen LogP contribution >= 0.6 is 0 Å². The number of carbonyl (C=O) groups is 1. The Balaban J connectivity index is 1.49. The highest BCUT2D eigenvalue weighted by Gasteiger charge is 2.24. The average Bonchev–Trinajstić information content (AvgIpc) is 3.18. The minimum absolute atomic E-state index is 0.0427. The molecule has 1 aromatic rings. The van der Waals surface area contributed by atoms with Gasteiger partial charge in [-0.3, -0.25) is 0 Å². The van der Waals surface area contributed by atoms with Crippen LogP contribution in [-0.4, -0.2) is 63.0 Å². The molecule has 25 heavy (non-hydrogen) atoms. The molecule has 6 heteroatoms. The van der Waals surface area contributed by atoms with E-state index in [1.165, 1.54) is 5.69 Å². The predicted octanol–water partition coefficient (Wildman–Crippen LogP) is 2.23. The van der Waals surface area contributed by atoms with Crippen LogP contribution in [0.5, 0.6) is 0 Å². The number of morpholine rings is 1. The molecule has 2 saturated heterocycles. The summed E-state index contributed by atoms with van der Waals surface area (Å²) in [5.41, 5.74) is 2.34. The Morgan fingerprint density at radius 1 is 1.28 bits per heavy atom. The Morgan fingerprint density at radius 2 is 2.00 bits per heavy atom. The highest BCUT2D eigenvalue weighted by atomic mass is 16.5. The van der Waals surface area contributed by atoms with Crippen molar-refractivity contribution >= 4 is 11.7 Å². The number of rotatable bonds is 5. The second-order valence-electron chi connectivity index (χ2n) is 6.91. The lowest BCUT2D eigenvalue weighted by molar-refractivity contribution is 0.0838. The molecule has 2 aliphatic rings. The summed E-state index contributed by atoms with van der Waals surface area (Å²) in [5, 5.41) is 3.04. The fourth-order valence-electron chi connectivity index (χ4n) is 3.37. The molecule has 0 aliphatic carbocycles. The minimum atomic E-state index is -0.0553.